The van der Waals surface area contributed by atoms with Crippen molar-refractivity contribution in [2.24, 2.45) is 0 Å². The second-order valence-electron chi connectivity index (χ2n) is 1.80. The predicted octanol–water partition coefficient (Wildman–Crippen LogP) is 0.899. The van der Waals surface area contributed by atoms with Crippen LogP contribution >= 0.6 is 0 Å². The van der Waals surface area contributed by atoms with E-state index in [4.69, 9.17) is 5.26 Å². The normalized spacial score (nSPS) is 7.27. The summed E-state index contributed by atoms with van der Waals surface area (Å²) in [4.78, 5) is 16.2. The molecule has 0 saturated heterocycles. The molecule has 11 heavy (non-hydrogen) atoms. The first-order chi connectivity index (χ1) is 5.27. The Labute approximate surface area is 64.9 Å². The first-order valence-corrected chi connectivity index (χ1v) is 3.06. The average molecular weight is 151 g/mol. The molecule has 0 aliphatic carbocycles. The molecule has 4 heteroatoms. The van der Waals surface area contributed by atoms with Gasteiger partial charge in [-0.3, -0.25) is 4.79 Å². The van der Waals surface area contributed by atoms with Crippen molar-refractivity contribution in [2.45, 2.75) is 13.3 Å². The van der Waals surface area contributed by atoms with Gasteiger partial charge in [0, 0.05) is 12.4 Å². The zero-order valence-corrected chi connectivity index (χ0v) is 6.24. The summed E-state index contributed by atoms with van der Waals surface area (Å²) in [6, 6.07) is 1.72. The van der Waals surface area contributed by atoms with Gasteiger partial charge in [0.15, 0.2) is 0 Å². The molecule has 1 aromatic rings. The summed E-state index contributed by atoms with van der Waals surface area (Å²) in [5.74, 6) is -0.0718. The molecule has 4 nitrogen and oxygen atoms in total. The van der Waals surface area contributed by atoms with Crippen LogP contribution in [0, 0.1) is 11.3 Å². The fraction of sp³-hybridized carbons (Fsp3) is 0.286. The van der Waals surface area contributed by atoms with Gasteiger partial charge in [-0.1, -0.05) is 0 Å². The van der Waals surface area contributed by atoms with E-state index in [0.717, 1.165) is 0 Å². The number of ketones is 1. The van der Waals surface area contributed by atoms with E-state index < -0.39 is 0 Å². The van der Waals surface area contributed by atoms with Crippen molar-refractivity contribution in [1.29, 1.82) is 5.26 Å². The van der Waals surface area contributed by atoms with Crippen molar-refractivity contribution in [3.63, 3.8) is 0 Å². The Bertz CT molecular complexity index is 205. The fourth-order valence-electron chi connectivity index (χ4n) is 0.326. The molecule has 1 rings (SSSR count). The Morgan fingerprint density at radius 2 is 2.55 bits per heavy atom. The van der Waals surface area contributed by atoms with Crippen LogP contribution in [-0.2, 0) is 4.79 Å². The number of aromatic amines is 1. The molecular weight excluding hydrogens is 142 g/mol. The number of rotatable bonds is 1. The Kier molecular flexibility index (Phi) is 5.53. The number of nitrogens with one attached hydrogen (secondary N) is 1. The van der Waals surface area contributed by atoms with Crippen LogP contribution in [0.2, 0.25) is 0 Å². The van der Waals surface area contributed by atoms with Gasteiger partial charge in [0.1, 0.15) is 5.78 Å². The smallest absolute Gasteiger partial charge is 0.143 e. The third-order valence-corrected chi connectivity index (χ3v) is 0.734. The van der Waals surface area contributed by atoms with Crippen LogP contribution in [-0.4, -0.2) is 15.8 Å². The Balaban J connectivity index is 0.000000183. The molecule has 0 unspecified atom stereocenters. The van der Waals surface area contributed by atoms with Gasteiger partial charge in [-0.2, -0.15) is 5.26 Å². The lowest BCUT2D eigenvalue weighted by Crippen LogP contribution is -1.82. The van der Waals surface area contributed by atoms with Crippen LogP contribution in [0.3, 0.4) is 0 Å². The second-order valence-corrected chi connectivity index (χ2v) is 1.80. The molecule has 0 atom stereocenters. The molecule has 0 aromatic carbocycles. The Morgan fingerprint density at radius 1 is 1.82 bits per heavy atom. The molecule has 0 radical (unpaired) electrons. The molecule has 0 bridgehead atoms. The minimum absolute atomic E-state index is 0.0417. The maximum atomic E-state index is 9.82. The van der Waals surface area contributed by atoms with Crippen LogP contribution in [0.4, 0.5) is 0 Å². The van der Waals surface area contributed by atoms with Crippen molar-refractivity contribution in [1.82, 2.24) is 9.97 Å². The zero-order chi connectivity index (χ0) is 8.53. The van der Waals surface area contributed by atoms with Crippen LogP contribution in [0.25, 0.3) is 0 Å². The zero-order valence-electron chi connectivity index (χ0n) is 6.24. The van der Waals surface area contributed by atoms with Gasteiger partial charge < -0.3 is 4.98 Å². The van der Waals surface area contributed by atoms with Crippen LogP contribution in [0.5, 0.6) is 0 Å². The molecule has 0 spiro atoms. The molecule has 0 fully saturated rings. The molecular formula is C7H9N3O. The quantitative estimate of drug-likeness (QED) is 0.648. The number of hydrogen-bond acceptors (Lipinski definition) is 3. The van der Waals surface area contributed by atoms with Crippen molar-refractivity contribution < 1.29 is 4.79 Å². The monoisotopic (exact) mass is 151 g/mol. The number of nitrogens with zero attached hydrogens (tertiary/aromatic N) is 2. The largest absolute Gasteiger partial charge is 0.351 e. The van der Waals surface area contributed by atoms with Crippen LogP contribution < -0.4 is 0 Å². The Morgan fingerprint density at radius 3 is 2.64 bits per heavy atom. The number of Topliss-reactive ketones (excluding diaryl/α,β-unsaturated/α-hetero) is 1. The Hall–Kier alpha value is -1.63. The van der Waals surface area contributed by atoms with Crippen LogP contribution in [0.1, 0.15) is 13.3 Å². The second kappa shape index (κ2) is 6.49. The minimum atomic E-state index is -0.0718. The van der Waals surface area contributed by atoms with Crippen molar-refractivity contribution >= 4 is 5.78 Å². The maximum absolute atomic E-state index is 9.82. The lowest BCUT2D eigenvalue weighted by Gasteiger charge is -1.69. The molecule has 0 saturated carbocycles. The van der Waals surface area contributed by atoms with Crippen LogP contribution in [0.15, 0.2) is 18.7 Å². The number of nitriles is 1. The summed E-state index contributed by atoms with van der Waals surface area (Å²) in [5, 5.41) is 7.77. The topological polar surface area (TPSA) is 69.5 Å². The molecule has 0 aliphatic rings. The number of carbonyl (C=O) groups excluding carboxylic acids is 1. The third kappa shape index (κ3) is 8.37. The molecule has 1 aromatic heterocycles. The summed E-state index contributed by atoms with van der Waals surface area (Å²) in [7, 11) is 0. The number of aromatic nitrogens is 2. The van der Waals surface area contributed by atoms with E-state index in [1.807, 2.05) is 0 Å². The van der Waals surface area contributed by atoms with E-state index in [0.29, 0.717) is 0 Å². The minimum Gasteiger partial charge on any atom is -0.351 e. The van der Waals surface area contributed by atoms with Gasteiger partial charge >= 0.3 is 0 Å². The highest BCUT2D eigenvalue weighted by Gasteiger charge is 1.83. The summed E-state index contributed by atoms with van der Waals surface area (Å²) in [5.41, 5.74) is 0. The van der Waals surface area contributed by atoms with Gasteiger partial charge in [-0.15, -0.1) is 0 Å². The number of imidazole rings is 1. The van der Waals surface area contributed by atoms with Crippen molar-refractivity contribution in [2.75, 3.05) is 0 Å². The van der Waals surface area contributed by atoms with E-state index in [1.165, 1.54) is 6.92 Å². The third-order valence-electron chi connectivity index (χ3n) is 0.734. The first kappa shape index (κ1) is 9.37. The van der Waals surface area contributed by atoms with E-state index in [2.05, 4.69) is 9.97 Å². The first-order valence-electron chi connectivity index (χ1n) is 3.06. The van der Waals surface area contributed by atoms with Gasteiger partial charge in [-0.05, 0) is 6.92 Å². The van der Waals surface area contributed by atoms with E-state index >= 15 is 0 Å². The molecule has 0 aliphatic heterocycles. The molecule has 0 amide bonds. The van der Waals surface area contributed by atoms with Crippen molar-refractivity contribution in [3.8, 4) is 6.07 Å². The molecule has 1 N–H and O–H groups in total. The summed E-state index contributed by atoms with van der Waals surface area (Å²) in [6.07, 6.45) is 5.12. The molecule has 58 valence electrons. The number of carbonyl (C=O) groups is 1. The maximum Gasteiger partial charge on any atom is 0.143 e. The van der Waals surface area contributed by atoms with Crippen molar-refractivity contribution in [3.05, 3.63) is 18.7 Å². The lowest BCUT2D eigenvalue weighted by molar-refractivity contribution is -0.116. The standard InChI is InChI=1S/C4H5NO.C3H4N2/c1-4(6)2-3-5;1-2-5-3-4-1/h2H2,1H3;1-3H,(H,4,5). The van der Waals surface area contributed by atoms with Gasteiger partial charge in [0.2, 0.25) is 0 Å². The highest BCUT2D eigenvalue weighted by atomic mass is 16.1. The van der Waals surface area contributed by atoms with Gasteiger partial charge in [-0.25, -0.2) is 4.98 Å². The lowest BCUT2D eigenvalue weighted by atomic mass is 10.3. The SMILES string of the molecule is CC(=O)CC#N.c1c[nH]cn1. The number of H-pyrrole nitrogens is 1. The average Bonchev–Trinajstić information content (AvgIpc) is 2.41. The van der Waals surface area contributed by atoms with E-state index in [1.54, 1.807) is 24.8 Å². The number of hydrogen-bond donors (Lipinski definition) is 1. The highest BCUT2D eigenvalue weighted by molar-refractivity contribution is 5.77. The van der Waals surface area contributed by atoms with E-state index in [-0.39, 0.29) is 12.2 Å². The van der Waals surface area contributed by atoms with Gasteiger partial charge in [0.05, 0.1) is 18.8 Å². The summed E-state index contributed by atoms with van der Waals surface area (Å²) in [6.45, 7) is 1.39. The predicted molar refractivity (Wildman–Crippen MR) is 39.5 cm³/mol. The summed E-state index contributed by atoms with van der Waals surface area (Å²) < 4.78 is 0. The highest BCUT2D eigenvalue weighted by Crippen LogP contribution is 1.72. The summed E-state index contributed by atoms with van der Waals surface area (Å²) >= 11 is 0. The molecule has 1 heterocycles. The van der Waals surface area contributed by atoms with Gasteiger partial charge in [0.25, 0.3) is 0 Å². The van der Waals surface area contributed by atoms with E-state index in [9.17, 15) is 4.79 Å². The fourth-order valence-corrected chi connectivity index (χ4v) is 0.326.